The Morgan fingerprint density at radius 2 is 2.11 bits per heavy atom. The number of rotatable bonds is 5. The van der Waals surface area contributed by atoms with Crippen LogP contribution in [-0.2, 0) is 0 Å². The molecule has 18 heavy (non-hydrogen) atoms. The number of nitrogens with two attached hydrogens (primary N) is 1. The van der Waals surface area contributed by atoms with Crippen molar-refractivity contribution in [1.29, 1.82) is 0 Å². The van der Waals surface area contributed by atoms with Gasteiger partial charge < -0.3 is 16.3 Å². The minimum atomic E-state index is 0.0390. The third kappa shape index (κ3) is 3.96. The lowest BCUT2D eigenvalue weighted by Crippen LogP contribution is -2.26. The number of hydrogen-bond acceptors (Lipinski definition) is 3. The van der Waals surface area contributed by atoms with Crippen molar-refractivity contribution in [2.45, 2.75) is 32.7 Å². The number of aryl methyl sites for hydroxylation is 1. The van der Waals surface area contributed by atoms with Crippen molar-refractivity contribution in [1.82, 2.24) is 0 Å². The monoisotopic (exact) mass is 289 g/mol. The highest BCUT2D eigenvalue weighted by atomic mass is 35.5. The van der Waals surface area contributed by atoms with E-state index in [9.17, 15) is 0 Å². The normalized spacial score (nSPS) is 13.4. The SMILES string of the molecule is CCC(C/C(N)=N/O)Nc1cc(Cl)c(C)cc1Cl. The van der Waals surface area contributed by atoms with Gasteiger partial charge in [-0.3, -0.25) is 0 Å². The highest BCUT2D eigenvalue weighted by Gasteiger charge is 2.12. The molecule has 4 N–H and O–H groups in total. The minimum absolute atomic E-state index is 0.0390. The Kier molecular flexibility index (Phi) is 5.56. The molecule has 0 radical (unpaired) electrons. The highest BCUT2D eigenvalue weighted by Crippen LogP contribution is 2.29. The first-order valence-electron chi connectivity index (χ1n) is 5.66. The Morgan fingerprint density at radius 3 is 2.67 bits per heavy atom. The summed E-state index contributed by atoms with van der Waals surface area (Å²) in [5.74, 6) is 0.184. The molecular formula is C12H17Cl2N3O. The van der Waals surface area contributed by atoms with Crippen LogP contribution >= 0.6 is 23.2 Å². The molecule has 0 amide bonds. The largest absolute Gasteiger partial charge is 0.409 e. The van der Waals surface area contributed by atoms with Crippen LogP contribution in [0.25, 0.3) is 0 Å². The average molecular weight is 290 g/mol. The number of hydrogen-bond donors (Lipinski definition) is 3. The van der Waals surface area contributed by atoms with Gasteiger partial charge in [0.15, 0.2) is 0 Å². The first kappa shape index (κ1) is 14.9. The molecule has 1 unspecified atom stereocenters. The van der Waals surface area contributed by atoms with Crippen LogP contribution in [0.5, 0.6) is 0 Å². The molecule has 100 valence electrons. The van der Waals surface area contributed by atoms with E-state index in [1.165, 1.54) is 0 Å². The van der Waals surface area contributed by atoms with Gasteiger partial charge in [-0.1, -0.05) is 35.3 Å². The molecule has 0 bridgehead atoms. The van der Waals surface area contributed by atoms with Crippen molar-refractivity contribution in [3.05, 3.63) is 27.7 Å². The van der Waals surface area contributed by atoms with E-state index < -0.39 is 0 Å². The summed E-state index contributed by atoms with van der Waals surface area (Å²) < 4.78 is 0. The van der Waals surface area contributed by atoms with Crippen LogP contribution in [0.3, 0.4) is 0 Å². The molecule has 0 aliphatic rings. The van der Waals surface area contributed by atoms with Gasteiger partial charge >= 0.3 is 0 Å². The molecule has 1 aromatic carbocycles. The number of benzene rings is 1. The average Bonchev–Trinajstić information content (AvgIpc) is 2.34. The van der Waals surface area contributed by atoms with Crippen molar-refractivity contribution in [3.63, 3.8) is 0 Å². The first-order chi connectivity index (χ1) is 8.47. The standard InChI is InChI=1S/C12H17Cl2N3O/c1-3-8(5-12(15)17-18)16-11-6-9(13)7(2)4-10(11)14/h4,6,8,16,18H,3,5H2,1-2H3,(H2,15,17). The van der Waals surface area contributed by atoms with Crippen LogP contribution in [0.4, 0.5) is 5.69 Å². The number of nitrogens with one attached hydrogen (secondary N) is 1. The van der Waals surface area contributed by atoms with Crippen molar-refractivity contribution in [2.75, 3.05) is 5.32 Å². The molecule has 0 aromatic heterocycles. The summed E-state index contributed by atoms with van der Waals surface area (Å²) >= 11 is 12.2. The van der Waals surface area contributed by atoms with Crippen LogP contribution in [0, 0.1) is 6.92 Å². The molecule has 4 nitrogen and oxygen atoms in total. The van der Waals surface area contributed by atoms with Gasteiger partial charge in [-0.25, -0.2) is 0 Å². The number of amidine groups is 1. The maximum absolute atomic E-state index is 8.57. The van der Waals surface area contributed by atoms with Crippen LogP contribution in [0.15, 0.2) is 17.3 Å². The smallest absolute Gasteiger partial charge is 0.141 e. The van der Waals surface area contributed by atoms with Gasteiger partial charge in [0.1, 0.15) is 5.84 Å². The van der Waals surface area contributed by atoms with E-state index in [-0.39, 0.29) is 11.9 Å². The second-order valence-electron chi connectivity index (χ2n) is 4.13. The Morgan fingerprint density at radius 1 is 1.44 bits per heavy atom. The fourth-order valence-electron chi connectivity index (χ4n) is 1.57. The zero-order chi connectivity index (χ0) is 13.7. The first-order valence-corrected chi connectivity index (χ1v) is 6.42. The maximum Gasteiger partial charge on any atom is 0.141 e. The molecule has 1 atom stereocenters. The van der Waals surface area contributed by atoms with Crippen LogP contribution in [0.1, 0.15) is 25.3 Å². The fraction of sp³-hybridized carbons (Fsp3) is 0.417. The molecule has 1 rings (SSSR count). The summed E-state index contributed by atoms with van der Waals surface area (Å²) in [5.41, 5.74) is 7.18. The number of halogens is 2. The zero-order valence-electron chi connectivity index (χ0n) is 10.4. The molecule has 0 spiro atoms. The molecule has 0 saturated carbocycles. The Balaban J connectivity index is 2.85. The van der Waals surface area contributed by atoms with Crippen molar-refractivity contribution >= 4 is 34.7 Å². The molecule has 0 fully saturated rings. The van der Waals surface area contributed by atoms with Crippen LogP contribution < -0.4 is 11.1 Å². The fourth-order valence-corrected chi connectivity index (χ4v) is 2.00. The third-order valence-electron chi connectivity index (χ3n) is 2.68. The molecule has 6 heteroatoms. The van der Waals surface area contributed by atoms with Gasteiger partial charge in [0.2, 0.25) is 0 Å². The second-order valence-corrected chi connectivity index (χ2v) is 4.94. The van der Waals surface area contributed by atoms with Crippen molar-refractivity contribution in [2.24, 2.45) is 10.9 Å². The van der Waals surface area contributed by atoms with Crippen molar-refractivity contribution in [3.8, 4) is 0 Å². The van der Waals surface area contributed by atoms with E-state index >= 15 is 0 Å². The number of anilines is 1. The lowest BCUT2D eigenvalue weighted by molar-refractivity contribution is 0.316. The van der Waals surface area contributed by atoms with E-state index in [0.717, 1.165) is 17.7 Å². The molecule has 0 saturated heterocycles. The topological polar surface area (TPSA) is 70.6 Å². The van der Waals surface area contributed by atoms with Gasteiger partial charge in [0.25, 0.3) is 0 Å². The van der Waals surface area contributed by atoms with E-state index in [1.807, 2.05) is 19.9 Å². The lowest BCUT2D eigenvalue weighted by atomic mass is 10.1. The predicted molar refractivity (Wildman–Crippen MR) is 76.9 cm³/mol. The zero-order valence-corrected chi connectivity index (χ0v) is 11.9. The van der Waals surface area contributed by atoms with Crippen LogP contribution in [-0.4, -0.2) is 17.1 Å². The Bertz CT molecular complexity index is 449. The van der Waals surface area contributed by atoms with Gasteiger partial charge in [-0.2, -0.15) is 0 Å². The molecule has 0 aliphatic heterocycles. The summed E-state index contributed by atoms with van der Waals surface area (Å²) in [7, 11) is 0. The number of nitrogens with zero attached hydrogens (tertiary/aromatic N) is 1. The summed E-state index contributed by atoms with van der Waals surface area (Å²) in [6.07, 6.45) is 1.26. The van der Waals surface area contributed by atoms with Gasteiger partial charge in [0.05, 0.1) is 10.7 Å². The van der Waals surface area contributed by atoms with Gasteiger partial charge in [0, 0.05) is 17.5 Å². The third-order valence-corrected chi connectivity index (χ3v) is 3.40. The van der Waals surface area contributed by atoms with E-state index in [0.29, 0.717) is 16.5 Å². The number of oxime groups is 1. The lowest BCUT2D eigenvalue weighted by Gasteiger charge is -2.19. The van der Waals surface area contributed by atoms with Gasteiger partial charge in [-0.15, -0.1) is 0 Å². The minimum Gasteiger partial charge on any atom is -0.409 e. The second kappa shape index (κ2) is 6.71. The summed E-state index contributed by atoms with van der Waals surface area (Å²) in [6, 6.07) is 3.63. The Hall–Kier alpha value is -1.13. The van der Waals surface area contributed by atoms with Crippen LogP contribution in [0.2, 0.25) is 10.0 Å². The molecule has 1 aromatic rings. The predicted octanol–water partition coefficient (Wildman–Crippen LogP) is 3.63. The molecule has 0 heterocycles. The summed E-state index contributed by atoms with van der Waals surface area (Å²) in [5, 5.41) is 16.0. The van der Waals surface area contributed by atoms with E-state index in [1.54, 1.807) is 6.07 Å². The van der Waals surface area contributed by atoms with E-state index in [4.69, 9.17) is 34.1 Å². The quantitative estimate of drug-likeness (QED) is 0.335. The Labute approximate surface area is 117 Å². The highest BCUT2D eigenvalue weighted by molar-refractivity contribution is 6.35. The van der Waals surface area contributed by atoms with Gasteiger partial charge in [-0.05, 0) is 31.0 Å². The molecular weight excluding hydrogens is 273 g/mol. The van der Waals surface area contributed by atoms with Crippen molar-refractivity contribution < 1.29 is 5.21 Å². The summed E-state index contributed by atoms with van der Waals surface area (Å²) in [6.45, 7) is 3.90. The summed E-state index contributed by atoms with van der Waals surface area (Å²) in [4.78, 5) is 0. The maximum atomic E-state index is 8.57. The van der Waals surface area contributed by atoms with E-state index in [2.05, 4.69) is 10.5 Å². The molecule has 0 aliphatic carbocycles.